The van der Waals surface area contributed by atoms with Gasteiger partial charge in [0.2, 0.25) is 0 Å². The molecule has 3 rings (SSSR count). The SMILES string of the molecule is CC1CCc2c(sc(N)c2C(=O)c2ccc(Br)cc2)C1. The zero-order valence-electron chi connectivity index (χ0n) is 11.3. The van der Waals surface area contributed by atoms with Crippen LogP contribution in [0.5, 0.6) is 0 Å². The molecular weight excluding hydrogens is 334 g/mol. The van der Waals surface area contributed by atoms with Gasteiger partial charge in [-0.05, 0) is 55.0 Å². The van der Waals surface area contributed by atoms with E-state index in [0.29, 0.717) is 16.5 Å². The van der Waals surface area contributed by atoms with Crippen LogP contribution in [0.3, 0.4) is 0 Å². The summed E-state index contributed by atoms with van der Waals surface area (Å²) in [7, 11) is 0. The summed E-state index contributed by atoms with van der Waals surface area (Å²) in [6.45, 7) is 2.26. The molecule has 0 saturated heterocycles. The lowest BCUT2D eigenvalue weighted by atomic mass is 9.87. The third-order valence-corrected chi connectivity index (χ3v) is 5.48. The first-order valence-corrected chi connectivity index (χ1v) is 8.37. The van der Waals surface area contributed by atoms with Crippen LogP contribution < -0.4 is 5.73 Å². The van der Waals surface area contributed by atoms with Crippen molar-refractivity contribution in [1.29, 1.82) is 0 Å². The van der Waals surface area contributed by atoms with Gasteiger partial charge in [-0.2, -0.15) is 0 Å². The molecule has 1 aliphatic carbocycles. The minimum atomic E-state index is 0.0575. The van der Waals surface area contributed by atoms with E-state index in [9.17, 15) is 4.79 Å². The van der Waals surface area contributed by atoms with Crippen molar-refractivity contribution in [1.82, 2.24) is 0 Å². The number of thiophene rings is 1. The van der Waals surface area contributed by atoms with Crippen LogP contribution in [0.4, 0.5) is 5.00 Å². The van der Waals surface area contributed by atoms with Crippen molar-refractivity contribution in [3.63, 3.8) is 0 Å². The van der Waals surface area contributed by atoms with Crippen LogP contribution in [-0.2, 0) is 12.8 Å². The van der Waals surface area contributed by atoms with Crippen molar-refractivity contribution in [2.24, 2.45) is 5.92 Å². The van der Waals surface area contributed by atoms with Crippen molar-refractivity contribution in [2.45, 2.75) is 26.2 Å². The van der Waals surface area contributed by atoms with Crippen molar-refractivity contribution in [3.05, 3.63) is 50.3 Å². The number of ketones is 1. The minimum Gasteiger partial charge on any atom is -0.390 e. The summed E-state index contributed by atoms with van der Waals surface area (Å²) in [5, 5.41) is 0.678. The Hall–Kier alpha value is -1.13. The van der Waals surface area contributed by atoms with E-state index in [4.69, 9.17) is 5.73 Å². The number of halogens is 1. The van der Waals surface area contributed by atoms with Crippen LogP contribution in [0, 0.1) is 5.92 Å². The lowest BCUT2D eigenvalue weighted by molar-refractivity contribution is 0.103. The number of carbonyl (C=O) groups is 1. The Balaban J connectivity index is 2.02. The highest BCUT2D eigenvalue weighted by atomic mass is 79.9. The summed E-state index contributed by atoms with van der Waals surface area (Å²) in [5.74, 6) is 0.748. The molecule has 0 aliphatic heterocycles. The standard InChI is InChI=1S/C16H16BrNOS/c1-9-2-7-12-13(8-9)20-16(18)14(12)15(19)10-3-5-11(17)6-4-10/h3-6,9H,2,7-8,18H2,1H3. The third-order valence-electron chi connectivity index (χ3n) is 3.87. The summed E-state index contributed by atoms with van der Waals surface area (Å²) in [6.07, 6.45) is 3.17. The second-order valence-corrected chi connectivity index (χ2v) is 7.48. The number of nitrogens with two attached hydrogens (primary N) is 1. The van der Waals surface area contributed by atoms with Crippen LogP contribution >= 0.6 is 27.3 Å². The van der Waals surface area contributed by atoms with Crippen LogP contribution in [0.2, 0.25) is 0 Å². The highest BCUT2D eigenvalue weighted by Crippen LogP contribution is 2.39. The molecule has 0 radical (unpaired) electrons. The summed E-state index contributed by atoms with van der Waals surface area (Å²) in [6, 6.07) is 7.48. The van der Waals surface area contributed by atoms with Gasteiger partial charge in [-0.25, -0.2) is 0 Å². The Morgan fingerprint density at radius 3 is 2.75 bits per heavy atom. The molecule has 4 heteroatoms. The molecule has 0 amide bonds. The molecule has 2 nitrogen and oxygen atoms in total. The number of benzene rings is 1. The molecule has 1 aromatic heterocycles. The normalized spacial score (nSPS) is 17.8. The first kappa shape index (κ1) is 13.8. The summed E-state index contributed by atoms with van der Waals surface area (Å²) < 4.78 is 0.975. The Kier molecular flexibility index (Phi) is 3.69. The zero-order chi connectivity index (χ0) is 14.3. The quantitative estimate of drug-likeness (QED) is 0.814. The molecule has 1 aliphatic rings. The van der Waals surface area contributed by atoms with Crippen LogP contribution in [-0.4, -0.2) is 5.78 Å². The number of rotatable bonds is 2. The second-order valence-electron chi connectivity index (χ2n) is 5.43. The molecule has 2 aromatic rings. The van der Waals surface area contributed by atoms with Gasteiger partial charge >= 0.3 is 0 Å². The van der Waals surface area contributed by atoms with E-state index >= 15 is 0 Å². The van der Waals surface area contributed by atoms with Crippen LogP contribution in [0.25, 0.3) is 0 Å². The van der Waals surface area contributed by atoms with E-state index in [1.54, 1.807) is 11.3 Å². The average Bonchev–Trinajstić information content (AvgIpc) is 2.73. The molecule has 0 bridgehead atoms. The average molecular weight is 350 g/mol. The predicted octanol–water partition coefficient (Wildman–Crippen LogP) is 4.45. The Morgan fingerprint density at radius 2 is 2.05 bits per heavy atom. The summed E-state index contributed by atoms with van der Waals surface area (Å²) in [5.41, 5.74) is 8.77. The van der Waals surface area contributed by atoms with Gasteiger partial charge in [-0.3, -0.25) is 4.79 Å². The molecular formula is C16H16BrNOS. The first-order valence-electron chi connectivity index (χ1n) is 6.76. The maximum atomic E-state index is 12.7. The Bertz CT molecular complexity index is 660. The monoisotopic (exact) mass is 349 g/mol. The fourth-order valence-corrected chi connectivity index (χ4v) is 4.31. The fourth-order valence-electron chi connectivity index (χ4n) is 2.77. The van der Waals surface area contributed by atoms with E-state index < -0.39 is 0 Å². The lowest BCUT2D eigenvalue weighted by Crippen LogP contribution is -2.13. The van der Waals surface area contributed by atoms with E-state index in [1.165, 1.54) is 10.4 Å². The third kappa shape index (κ3) is 2.42. The van der Waals surface area contributed by atoms with Gasteiger partial charge in [-0.1, -0.05) is 22.9 Å². The van der Waals surface area contributed by atoms with Crippen molar-refractivity contribution >= 4 is 38.1 Å². The summed E-state index contributed by atoms with van der Waals surface area (Å²) >= 11 is 4.98. The highest BCUT2D eigenvalue weighted by molar-refractivity contribution is 9.10. The van der Waals surface area contributed by atoms with E-state index in [0.717, 1.165) is 29.3 Å². The Labute approximate surface area is 131 Å². The maximum absolute atomic E-state index is 12.7. The van der Waals surface area contributed by atoms with Crippen LogP contribution in [0.1, 0.15) is 39.7 Å². The first-order chi connectivity index (χ1) is 9.56. The van der Waals surface area contributed by atoms with Gasteiger partial charge in [0, 0.05) is 14.9 Å². The molecule has 1 atom stereocenters. The molecule has 2 N–H and O–H groups in total. The summed E-state index contributed by atoms with van der Waals surface area (Å²) in [4.78, 5) is 14.0. The fraction of sp³-hybridized carbons (Fsp3) is 0.312. The lowest BCUT2D eigenvalue weighted by Gasteiger charge is -2.18. The molecule has 0 fully saturated rings. The number of hydrogen-bond acceptors (Lipinski definition) is 3. The molecule has 1 aromatic carbocycles. The largest absolute Gasteiger partial charge is 0.390 e. The molecule has 20 heavy (non-hydrogen) atoms. The van der Waals surface area contributed by atoms with Gasteiger partial charge in [0.25, 0.3) is 0 Å². The van der Waals surface area contributed by atoms with E-state index in [2.05, 4.69) is 22.9 Å². The molecule has 0 saturated carbocycles. The van der Waals surface area contributed by atoms with Crippen molar-refractivity contribution < 1.29 is 4.79 Å². The molecule has 1 heterocycles. The molecule has 0 spiro atoms. The van der Waals surface area contributed by atoms with Gasteiger partial charge in [0.15, 0.2) is 5.78 Å². The number of nitrogen functional groups attached to an aromatic ring is 1. The maximum Gasteiger partial charge on any atom is 0.196 e. The van der Waals surface area contributed by atoms with Crippen LogP contribution in [0.15, 0.2) is 28.7 Å². The van der Waals surface area contributed by atoms with Gasteiger partial charge < -0.3 is 5.73 Å². The van der Waals surface area contributed by atoms with Gasteiger partial charge in [-0.15, -0.1) is 11.3 Å². The van der Waals surface area contributed by atoms with Crippen molar-refractivity contribution in [2.75, 3.05) is 5.73 Å². The minimum absolute atomic E-state index is 0.0575. The number of carbonyl (C=O) groups excluding carboxylic acids is 1. The molecule has 1 unspecified atom stereocenters. The van der Waals surface area contributed by atoms with Gasteiger partial charge in [0.1, 0.15) is 0 Å². The topological polar surface area (TPSA) is 43.1 Å². The molecule has 104 valence electrons. The smallest absolute Gasteiger partial charge is 0.196 e. The predicted molar refractivity (Wildman–Crippen MR) is 87.5 cm³/mol. The Morgan fingerprint density at radius 1 is 1.35 bits per heavy atom. The zero-order valence-corrected chi connectivity index (χ0v) is 13.7. The van der Waals surface area contributed by atoms with Crippen molar-refractivity contribution in [3.8, 4) is 0 Å². The highest BCUT2D eigenvalue weighted by Gasteiger charge is 2.26. The van der Waals surface area contributed by atoms with E-state index in [-0.39, 0.29) is 5.78 Å². The van der Waals surface area contributed by atoms with Gasteiger partial charge in [0.05, 0.1) is 10.6 Å². The second kappa shape index (κ2) is 5.34. The number of fused-ring (bicyclic) bond motifs is 1. The number of anilines is 1. The number of hydrogen-bond donors (Lipinski definition) is 1. The van der Waals surface area contributed by atoms with E-state index in [1.807, 2.05) is 24.3 Å².